The van der Waals surface area contributed by atoms with Crippen LogP contribution in [0.4, 0.5) is 0 Å². The number of aryl methyl sites for hydroxylation is 1. The lowest BCUT2D eigenvalue weighted by Crippen LogP contribution is -2.46. The maximum Gasteiger partial charge on any atom is 0.0997 e. The summed E-state index contributed by atoms with van der Waals surface area (Å²) in [5.41, 5.74) is 2.28. The number of ether oxygens (including phenoxy) is 1. The molecular formula is C15H25NO2S. The Labute approximate surface area is 121 Å². The molecule has 0 fully saturated rings. The van der Waals surface area contributed by atoms with Gasteiger partial charge in [0, 0.05) is 18.4 Å². The van der Waals surface area contributed by atoms with Gasteiger partial charge in [0.15, 0.2) is 0 Å². The summed E-state index contributed by atoms with van der Waals surface area (Å²) in [4.78, 5) is 0. The van der Waals surface area contributed by atoms with Gasteiger partial charge < -0.3 is 14.6 Å². The summed E-state index contributed by atoms with van der Waals surface area (Å²) in [5.74, 6) is 0.755. The molecule has 1 unspecified atom stereocenters. The highest BCUT2D eigenvalue weighted by molar-refractivity contribution is 7.93. The Bertz CT molecular complexity index is 382. The first kappa shape index (κ1) is 16.5. The minimum Gasteiger partial charge on any atom is -0.375 e. The van der Waals surface area contributed by atoms with E-state index in [0.717, 1.165) is 30.8 Å². The lowest BCUT2D eigenvalue weighted by Gasteiger charge is -2.35. The summed E-state index contributed by atoms with van der Waals surface area (Å²) in [7, 11) is 1.75. The van der Waals surface area contributed by atoms with E-state index < -0.39 is 0 Å². The summed E-state index contributed by atoms with van der Waals surface area (Å²) < 4.78 is 14.4. The van der Waals surface area contributed by atoms with Crippen molar-refractivity contribution in [3.63, 3.8) is 0 Å². The molecule has 2 N–H and O–H groups in total. The molecule has 4 heteroatoms. The van der Waals surface area contributed by atoms with Crippen molar-refractivity contribution in [2.45, 2.75) is 38.8 Å². The largest absolute Gasteiger partial charge is 0.375 e. The molecule has 0 heterocycles. The minimum atomic E-state index is -0.150. The van der Waals surface area contributed by atoms with Crippen molar-refractivity contribution in [1.29, 1.82) is 0 Å². The number of rotatable bonds is 8. The van der Waals surface area contributed by atoms with Crippen molar-refractivity contribution in [3.05, 3.63) is 35.4 Å². The van der Waals surface area contributed by atoms with Gasteiger partial charge in [0.05, 0.1) is 6.10 Å². The predicted octanol–water partition coefficient (Wildman–Crippen LogP) is 3.65. The van der Waals surface area contributed by atoms with Crippen molar-refractivity contribution in [2.75, 3.05) is 19.4 Å². The highest BCUT2D eigenvalue weighted by Crippen LogP contribution is 2.29. The first-order valence-corrected chi connectivity index (χ1v) is 7.56. The van der Waals surface area contributed by atoms with Gasteiger partial charge in [0.25, 0.3) is 0 Å². The van der Waals surface area contributed by atoms with Gasteiger partial charge in [-0.05, 0) is 51.3 Å². The van der Waals surface area contributed by atoms with E-state index in [-0.39, 0.29) is 11.6 Å². The zero-order valence-electron chi connectivity index (χ0n) is 12.3. The van der Waals surface area contributed by atoms with Gasteiger partial charge in [-0.25, -0.2) is 0 Å². The van der Waals surface area contributed by atoms with E-state index in [9.17, 15) is 0 Å². The van der Waals surface area contributed by atoms with Gasteiger partial charge in [-0.2, -0.15) is 0 Å². The molecule has 0 aromatic heterocycles. The molecular weight excluding hydrogens is 258 g/mol. The normalized spacial score (nSPS) is 13.5. The quantitative estimate of drug-likeness (QED) is 0.564. The highest BCUT2D eigenvalue weighted by atomic mass is 32.2. The lowest BCUT2D eigenvalue weighted by molar-refractivity contribution is 0.0314. The van der Waals surface area contributed by atoms with Crippen LogP contribution in [0.3, 0.4) is 0 Å². The number of nitrogens with one attached hydrogen (secondary N) is 1. The molecule has 1 aromatic carbocycles. The highest BCUT2D eigenvalue weighted by Gasteiger charge is 2.30. The fourth-order valence-corrected chi connectivity index (χ4v) is 2.59. The molecule has 19 heavy (non-hydrogen) atoms. The molecule has 1 aromatic rings. The van der Waals surface area contributed by atoms with Gasteiger partial charge in [-0.15, -0.1) is 0 Å². The maximum absolute atomic E-state index is 8.72. The first-order chi connectivity index (χ1) is 9.01. The van der Waals surface area contributed by atoms with Crippen LogP contribution in [-0.2, 0) is 4.74 Å². The van der Waals surface area contributed by atoms with Crippen LogP contribution >= 0.6 is 12.0 Å². The molecule has 0 spiro atoms. The Morgan fingerprint density at radius 1 is 1.42 bits per heavy atom. The first-order valence-electron chi connectivity index (χ1n) is 6.62. The predicted molar refractivity (Wildman–Crippen MR) is 82.7 cm³/mol. The van der Waals surface area contributed by atoms with Gasteiger partial charge in [-0.3, -0.25) is 0 Å². The average molecular weight is 283 g/mol. The van der Waals surface area contributed by atoms with E-state index >= 15 is 0 Å². The lowest BCUT2D eigenvalue weighted by atomic mass is 9.90. The third kappa shape index (κ3) is 5.15. The fraction of sp³-hybridized carbons (Fsp3) is 0.600. The van der Waals surface area contributed by atoms with Crippen LogP contribution in [-0.4, -0.2) is 29.5 Å². The van der Waals surface area contributed by atoms with Crippen molar-refractivity contribution in [3.8, 4) is 0 Å². The van der Waals surface area contributed by atoms with Crippen molar-refractivity contribution in [2.24, 2.45) is 0 Å². The molecule has 0 amide bonds. The minimum absolute atomic E-state index is 0.00850. The summed E-state index contributed by atoms with van der Waals surface area (Å²) in [6, 6.07) is 8.43. The Balaban J connectivity index is 2.71. The molecule has 0 aliphatic rings. The van der Waals surface area contributed by atoms with Crippen molar-refractivity contribution >= 4 is 12.0 Å². The van der Waals surface area contributed by atoms with Gasteiger partial charge in [0.1, 0.15) is 0 Å². The Morgan fingerprint density at radius 3 is 2.74 bits per heavy atom. The Morgan fingerprint density at radius 2 is 2.16 bits per heavy atom. The van der Waals surface area contributed by atoms with Crippen LogP contribution < -0.4 is 5.32 Å². The van der Waals surface area contributed by atoms with Crippen LogP contribution in [0.1, 0.15) is 37.5 Å². The molecule has 3 nitrogen and oxygen atoms in total. The fourth-order valence-electron chi connectivity index (χ4n) is 2.32. The maximum atomic E-state index is 8.72. The van der Waals surface area contributed by atoms with E-state index in [2.05, 4.69) is 50.4 Å². The standard InChI is InChI=1S/C15H25NO2S/c1-12-7-5-8-13(11-12)14(18-4)15(2,3)16-9-6-10-19-17/h5,7-8,11,14,16-17H,6,9-10H2,1-4H3. The molecule has 0 radical (unpaired) electrons. The van der Waals surface area contributed by atoms with Gasteiger partial charge in [0.2, 0.25) is 0 Å². The number of benzene rings is 1. The van der Waals surface area contributed by atoms with E-state index in [4.69, 9.17) is 9.29 Å². The molecule has 0 saturated heterocycles. The molecule has 1 atom stereocenters. The molecule has 0 bridgehead atoms. The number of hydrogen-bond donors (Lipinski definition) is 2. The summed E-state index contributed by atoms with van der Waals surface area (Å²) >= 11 is 0.893. The van der Waals surface area contributed by atoms with Crippen LogP contribution in [0.25, 0.3) is 0 Å². The second-order valence-electron chi connectivity index (χ2n) is 5.37. The summed E-state index contributed by atoms with van der Waals surface area (Å²) in [5, 5.41) is 3.51. The SMILES string of the molecule is COC(c1cccc(C)c1)C(C)(C)NCCCSO. The van der Waals surface area contributed by atoms with Gasteiger partial charge >= 0.3 is 0 Å². The zero-order valence-corrected chi connectivity index (χ0v) is 13.1. The molecule has 0 aliphatic carbocycles. The van der Waals surface area contributed by atoms with Crippen molar-refractivity contribution in [1.82, 2.24) is 5.32 Å². The van der Waals surface area contributed by atoms with Crippen LogP contribution in [0.5, 0.6) is 0 Å². The van der Waals surface area contributed by atoms with E-state index in [0.29, 0.717) is 0 Å². The van der Waals surface area contributed by atoms with Crippen molar-refractivity contribution < 1.29 is 9.29 Å². The van der Waals surface area contributed by atoms with Gasteiger partial charge in [-0.1, -0.05) is 29.8 Å². The second kappa shape index (κ2) is 7.90. The van der Waals surface area contributed by atoms with Crippen LogP contribution in [0, 0.1) is 6.92 Å². The van der Waals surface area contributed by atoms with Crippen LogP contribution in [0.15, 0.2) is 24.3 Å². The topological polar surface area (TPSA) is 41.5 Å². The Kier molecular flexibility index (Phi) is 6.86. The zero-order chi connectivity index (χ0) is 14.3. The van der Waals surface area contributed by atoms with Crippen LogP contribution in [0.2, 0.25) is 0 Å². The summed E-state index contributed by atoms with van der Waals surface area (Å²) in [6.07, 6.45) is 0.948. The second-order valence-corrected chi connectivity index (χ2v) is 6.03. The Hall–Kier alpha value is -0.550. The molecule has 1 rings (SSSR count). The van der Waals surface area contributed by atoms with E-state index in [1.54, 1.807) is 7.11 Å². The molecule has 0 saturated carbocycles. The third-order valence-electron chi connectivity index (χ3n) is 3.23. The molecule has 108 valence electrons. The number of methoxy groups -OCH3 is 1. The third-order valence-corrected chi connectivity index (χ3v) is 3.70. The smallest absolute Gasteiger partial charge is 0.0997 e. The van der Waals surface area contributed by atoms with E-state index in [1.165, 1.54) is 11.1 Å². The average Bonchev–Trinajstić information content (AvgIpc) is 2.35. The number of hydrogen-bond acceptors (Lipinski definition) is 4. The summed E-state index contributed by atoms with van der Waals surface area (Å²) in [6.45, 7) is 7.26. The molecule has 0 aliphatic heterocycles. The van der Waals surface area contributed by atoms with E-state index in [1.807, 2.05) is 0 Å². The monoisotopic (exact) mass is 283 g/mol.